The van der Waals surface area contributed by atoms with Gasteiger partial charge in [-0.1, -0.05) is 81.8 Å². The zero-order valence-corrected chi connectivity index (χ0v) is 23.5. The molecule has 4 aromatic heterocycles. The highest BCUT2D eigenvalue weighted by molar-refractivity contribution is 5.74. The normalized spacial score (nSPS) is 11.0. The summed E-state index contributed by atoms with van der Waals surface area (Å²) in [6.45, 7) is 3.13. The number of nitrogens with zero attached hydrogens (tertiary/aromatic N) is 4. The second-order valence-corrected chi connectivity index (χ2v) is 10.5. The fourth-order valence-corrected chi connectivity index (χ4v) is 5.05. The lowest BCUT2D eigenvalue weighted by Crippen LogP contribution is -2.33. The van der Waals surface area contributed by atoms with Crippen LogP contribution in [0.1, 0.15) is 63.0 Å². The van der Waals surface area contributed by atoms with Crippen molar-refractivity contribution >= 4 is 0 Å². The van der Waals surface area contributed by atoms with Gasteiger partial charge in [-0.2, -0.15) is 0 Å². The molecule has 5 aromatic rings. The molecule has 4 heteroatoms. The molecule has 0 unspecified atom stereocenters. The highest BCUT2D eigenvalue weighted by Gasteiger charge is 2.11. The van der Waals surface area contributed by atoms with Gasteiger partial charge in [0.1, 0.15) is 0 Å². The van der Waals surface area contributed by atoms with Crippen molar-refractivity contribution < 1.29 is 4.57 Å². The third-order valence-electron chi connectivity index (χ3n) is 7.36. The van der Waals surface area contributed by atoms with Crippen molar-refractivity contribution in [2.75, 3.05) is 0 Å². The molecule has 40 heavy (non-hydrogen) atoms. The molecule has 0 aliphatic carbocycles. The Kier molecular flexibility index (Phi) is 9.77. The molecule has 0 amide bonds. The van der Waals surface area contributed by atoms with Crippen LogP contribution in [0.25, 0.3) is 33.9 Å². The average Bonchev–Trinajstić information content (AvgIpc) is 3.02. The number of rotatable bonds is 13. The molecule has 0 aliphatic heterocycles. The van der Waals surface area contributed by atoms with Gasteiger partial charge in [-0.25, -0.2) is 9.55 Å². The number of aryl methyl sites for hydroxylation is 1. The Morgan fingerprint density at radius 1 is 0.550 bits per heavy atom. The van der Waals surface area contributed by atoms with Crippen LogP contribution >= 0.6 is 0 Å². The first kappa shape index (κ1) is 27.4. The summed E-state index contributed by atoms with van der Waals surface area (Å²) in [7, 11) is 0. The van der Waals surface area contributed by atoms with Gasteiger partial charge in [0.15, 0.2) is 18.9 Å². The van der Waals surface area contributed by atoms with E-state index in [9.17, 15) is 0 Å². The SMILES string of the molecule is CCCCCCCCCc1cc[n+](Cc2ccc(-c3cc(-c4ccccn4)nc(-c4ccccn4)c3)cc2)cc1. The van der Waals surface area contributed by atoms with Crippen LogP contribution in [0.2, 0.25) is 0 Å². The van der Waals surface area contributed by atoms with E-state index in [2.05, 4.69) is 82.4 Å². The molecular weight excluding hydrogens is 488 g/mol. The van der Waals surface area contributed by atoms with Gasteiger partial charge in [0, 0.05) is 30.1 Å². The van der Waals surface area contributed by atoms with Crippen molar-refractivity contribution in [2.45, 2.75) is 64.8 Å². The molecule has 0 atom stereocenters. The number of pyridine rings is 4. The van der Waals surface area contributed by atoms with E-state index in [-0.39, 0.29) is 0 Å². The zero-order chi connectivity index (χ0) is 27.4. The van der Waals surface area contributed by atoms with Crippen molar-refractivity contribution in [3.63, 3.8) is 0 Å². The lowest BCUT2D eigenvalue weighted by molar-refractivity contribution is -0.688. The van der Waals surface area contributed by atoms with E-state index in [0.29, 0.717) is 0 Å². The second-order valence-electron chi connectivity index (χ2n) is 10.5. The van der Waals surface area contributed by atoms with E-state index in [1.807, 2.05) is 36.4 Å². The van der Waals surface area contributed by atoms with E-state index in [0.717, 1.165) is 40.4 Å². The largest absolute Gasteiger partial charge is 0.255 e. The lowest BCUT2D eigenvalue weighted by atomic mass is 10.0. The Hall–Kier alpha value is -4.18. The molecule has 5 rings (SSSR count). The lowest BCUT2D eigenvalue weighted by Gasteiger charge is -2.10. The fraction of sp³-hybridized carbons (Fsp3) is 0.278. The summed E-state index contributed by atoms with van der Waals surface area (Å²) in [5, 5.41) is 0. The van der Waals surface area contributed by atoms with E-state index < -0.39 is 0 Å². The van der Waals surface area contributed by atoms with Crippen molar-refractivity contribution in [3.8, 4) is 33.9 Å². The van der Waals surface area contributed by atoms with Crippen molar-refractivity contribution in [3.05, 3.63) is 121 Å². The van der Waals surface area contributed by atoms with Crippen molar-refractivity contribution in [2.24, 2.45) is 0 Å². The summed E-state index contributed by atoms with van der Waals surface area (Å²) >= 11 is 0. The van der Waals surface area contributed by atoms with Crippen LogP contribution in [0.4, 0.5) is 0 Å². The monoisotopic (exact) mass is 527 g/mol. The Morgan fingerprint density at radius 3 is 1.73 bits per heavy atom. The molecule has 0 radical (unpaired) electrons. The summed E-state index contributed by atoms with van der Waals surface area (Å²) < 4.78 is 2.26. The Balaban J connectivity index is 1.25. The van der Waals surface area contributed by atoms with E-state index in [1.165, 1.54) is 62.5 Å². The van der Waals surface area contributed by atoms with Crippen LogP contribution in [0.15, 0.2) is 110 Å². The van der Waals surface area contributed by atoms with Gasteiger partial charge >= 0.3 is 0 Å². The molecule has 4 heterocycles. The molecule has 0 bridgehead atoms. The van der Waals surface area contributed by atoms with Gasteiger partial charge < -0.3 is 0 Å². The minimum Gasteiger partial charge on any atom is -0.255 e. The number of benzene rings is 1. The predicted octanol–water partition coefficient (Wildman–Crippen LogP) is 8.50. The summed E-state index contributed by atoms with van der Waals surface area (Å²) in [4.78, 5) is 14.0. The molecule has 4 nitrogen and oxygen atoms in total. The number of aromatic nitrogens is 4. The smallest absolute Gasteiger partial charge is 0.173 e. The number of unbranched alkanes of at least 4 members (excludes halogenated alkanes) is 6. The minimum absolute atomic E-state index is 0.843. The van der Waals surface area contributed by atoms with Crippen LogP contribution < -0.4 is 4.57 Å². The van der Waals surface area contributed by atoms with Crippen molar-refractivity contribution in [1.29, 1.82) is 0 Å². The minimum atomic E-state index is 0.843. The predicted molar refractivity (Wildman–Crippen MR) is 164 cm³/mol. The molecule has 0 saturated heterocycles. The maximum Gasteiger partial charge on any atom is 0.173 e. The molecular formula is C36H39N4+. The highest BCUT2D eigenvalue weighted by atomic mass is 14.9. The second kappa shape index (κ2) is 14.3. The van der Waals surface area contributed by atoms with Gasteiger partial charge in [-0.05, 0) is 65.9 Å². The van der Waals surface area contributed by atoms with Gasteiger partial charge in [-0.3, -0.25) is 9.97 Å². The van der Waals surface area contributed by atoms with Gasteiger partial charge in [0.25, 0.3) is 0 Å². The maximum atomic E-state index is 4.89. The Morgan fingerprint density at radius 2 is 1.15 bits per heavy atom. The molecule has 0 N–H and O–H groups in total. The molecule has 1 aromatic carbocycles. The number of hydrogen-bond acceptors (Lipinski definition) is 3. The molecule has 0 fully saturated rings. The standard InChI is InChI=1S/C36H39N4/c1-2-3-4-5-6-7-8-13-29-20-24-40(25-21-29)28-30-16-18-31(19-17-30)32-26-35(33-14-9-11-22-37-33)39-36(27-32)34-15-10-12-23-38-34/h9-12,14-27H,2-8,13,28H2,1H3/q+1. The average molecular weight is 528 g/mol. The van der Waals surface area contributed by atoms with Crippen LogP contribution in [-0.4, -0.2) is 15.0 Å². The van der Waals surface area contributed by atoms with Crippen LogP contribution in [0, 0.1) is 0 Å². The Labute approximate surface area is 238 Å². The maximum absolute atomic E-state index is 4.89. The van der Waals surface area contributed by atoms with E-state index in [1.54, 1.807) is 12.4 Å². The van der Waals surface area contributed by atoms with Crippen LogP contribution in [0.5, 0.6) is 0 Å². The zero-order valence-electron chi connectivity index (χ0n) is 23.5. The molecule has 0 aliphatic rings. The first-order chi connectivity index (χ1) is 19.8. The highest BCUT2D eigenvalue weighted by Crippen LogP contribution is 2.29. The van der Waals surface area contributed by atoms with Gasteiger partial charge in [0.2, 0.25) is 0 Å². The summed E-state index contributed by atoms with van der Waals surface area (Å²) in [6.07, 6.45) is 18.7. The molecule has 0 spiro atoms. The van der Waals surface area contributed by atoms with Crippen LogP contribution in [0.3, 0.4) is 0 Å². The van der Waals surface area contributed by atoms with Gasteiger partial charge in [-0.15, -0.1) is 0 Å². The third kappa shape index (κ3) is 7.69. The summed E-state index contributed by atoms with van der Waals surface area (Å²) in [5.74, 6) is 0. The first-order valence-corrected chi connectivity index (χ1v) is 14.7. The molecule has 0 saturated carbocycles. The topological polar surface area (TPSA) is 42.5 Å². The van der Waals surface area contributed by atoms with E-state index >= 15 is 0 Å². The van der Waals surface area contributed by atoms with E-state index in [4.69, 9.17) is 4.98 Å². The Bertz CT molecular complexity index is 1390. The summed E-state index contributed by atoms with van der Waals surface area (Å²) in [5.41, 5.74) is 8.35. The summed E-state index contributed by atoms with van der Waals surface area (Å²) in [6, 6.07) is 29.4. The van der Waals surface area contributed by atoms with Crippen molar-refractivity contribution in [1.82, 2.24) is 15.0 Å². The van der Waals surface area contributed by atoms with Crippen LogP contribution in [-0.2, 0) is 13.0 Å². The third-order valence-corrected chi connectivity index (χ3v) is 7.36. The quantitative estimate of drug-likeness (QED) is 0.114. The number of hydrogen-bond donors (Lipinski definition) is 0. The first-order valence-electron chi connectivity index (χ1n) is 14.7. The van der Waals surface area contributed by atoms with Gasteiger partial charge in [0.05, 0.1) is 22.8 Å². The molecule has 202 valence electrons. The fourth-order valence-electron chi connectivity index (χ4n) is 5.05.